The van der Waals surface area contributed by atoms with Crippen molar-refractivity contribution in [2.45, 2.75) is 44.2 Å². The van der Waals surface area contributed by atoms with Crippen molar-refractivity contribution in [3.05, 3.63) is 0 Å². The number of amides is 1. The number of carboxylic acids is 1. The Hall–Kier alpha value is -1.28. The molecule has 0 aliphatic heterocycles. The van der Waals surface area contributed by atoms with Crippen LogP contribution in [0.5, 0.6) is 0 Å². The fourth-order valence-corrected chi connectivity index (χ4v) is 2.57. The zero-order valence-electron chi connectivity index (χ0n) is 11.2. The maximum Gasteiger partial charge on any atom is 0.407 e. The Labute approximate surface area is 121 Å². The number of hydrogen-bond donors (Lipinski definition) is 3. The molecular weight excluding hydrogens is 284 g/mol. The van der Waals surface area contributed by atoms with Gasteiger partial charge in [0.1, 0.15) is 12.1 Å². The molecule has 0 aromatic carbocycles. The summed E-state index contributed by atoms with van der Waals surface area (Å²) in [5.74, 6) is -0.831. The van der Waals surface area contributed by atoms with Gasteiger partial charge in [0.25, 0.3) is 0 Å². The summed E-state index contributed by atoms with van der Waals surface area (Å²) in [5, 5.41) is 10.8. The highest BCUT2D eigenvalue weighted by molar-refractivity contribution is 8.13. The zero-order valence-corrected chi connectivity index (χ0v) is 12.0. The first-order valence-corrected chi connectivity index (χ1v) is 7.56. The third-order valence-corrected chi connectivity index (χ3v) is 3.81. The van der Waals surface area contributed by atoms with E-state index in [0.29, 0.717) is 12.3 Å². The molecular formula is C12H20N2O5S. The van der Waals surface area contributed by atoms with Crippen LogP contribution in [0.2, 0.25) is 0 Å². The van der Waals surface area contributed by atoms with Gasteiger partial charge in [0.05, 0.1) is 0 Å². The SMILES string of the molecule is N[C@@H](CC(=O)SCCNC(=O)OC1CCCC1)C(=O)O. The van der Waals surface area contributed by atoms with Gasteiger partial charge in [-0.3, -0.25) is 9.59 Å². The normalized spacial score (nSPS) is 16.6. The van der Waals surface area contributed by atoms with Gasteiger partial charge >= 0.3 is 12.1 Å². The highest BCUT2D eigenvalue weighted by atomic mass is 32.2. The van der Waals surface area contributed by atoms with Gasteiger partial charge in [0.15, 0.2) is 5.12 Å². The smallest absolute Gasteiger partial charge is 0.407 e. The number of carbonyl (C=O) groups excluding carboxylic acids is 2. The van der Waals surface area contributed by atoms with Crippen molar-refractivity contribution in [2.24, 2.45) is 5.73 Å². The van der Waals surface area contributed by atoms with Crippen LogP contribution in [-0.2, 0) is 14.3 Å². The van der Waals surface area contributed by atoms with Crippen LogP contribution in [0.3, 0.4) is 0 Å². The van der Waals surface area contributed by atoms with Gasteiger partial charge in [-0.15, -0.1) is 0 Å². The molecule has 1 rings (SSSR count). The lowest BCUT2D eigenvalue weighted by molar-refractivity contribution is -0.139. The van der Waals surface area contributed by atoms with Gasteiger partial charge in [0, 0.05) is 18.7 Å². The molecule has 7 nitrogen and oxygen atoms in total. The second-order valence-corrected chi connectivity index (χ2v) is 5.76. The maximum atomic E-state index is 11.4. The lowest BCUT2D eigenvalue weighted by Crippen LogP contribution is -2.32. The molecule has 0 radical (unpaired) electrons. The van der Waals surface area contributed by atoms with Crippen LogP contribution in [0, 0.1) is 0 Å². The standard InChI is InChI=1S/C12H20N2O5S/c13-9(11(16)17)7-10(15)20-6-5-14-12(18)19-8-3-1-2-4-8/h8-9H,1-7,13H2,(H,14,18)(H,16,17)/t9-/m0/s1. The predicted octanol–water partition coefficient (Wildman–Crippen LogP) is 0.717. The molecule has 0 bridgehead atoms. The molecule has 0 aromatic rings. The largest absolute Gasteiger partial charge is 0.480 e. The predicted molar refractivity (Wildman–Crippen MR) is 74.4 cm³/mol. The summed E-state index contributed by atoms with van der Waals surface area (Å²) in [6, 6.07) is -1.17. The molecule has 0 spiro atoms. The fraction of sp³-hybridized carbons (Fsp3) is 0.750. The Morgan fingerprint density at radius 1 is 1.35 bits per heavy atom. The van der Waals surface area contributed by atoms with Crippen molar-refractivity contribution in [1.29, 1.82) is 0 Å². The fourth-order valence-electron chi connectivity index (χ4n) is 1.84. The van der Waals surface area contributed by atoms with Gasteiger partial charge in [0.2, 0.25) is 0 Å². The highest BCUT2D eigenvalue weighted by Gasteiger charge is 2.19. The minimum atomic E-state index is -1.20. The van der Waals surface area contributed by atoms with Crippen molar-refractivity contribution in [2.75, 3.05) is 12.3 Å². The molecule has 0 heterocycles. The Balaban J connectivity index is 2.04. The van der Waals surface area contributed by atoms with Crippen molar-refractivity contribution in [1.82, 2.24) is 5.32 Å². The van der Waals surface area contributed by atoms with Crippen molar-refractivity contribution in [3.63, 3.8) is 0 Å². The van der Waals surface area contributed by atoms with Gasteiger partial charge in [-0.25, -0.2) is 4.79 Å². The molecule has 1 fully saturated rings. The monoisotopic (exact) mass is 304 g/mol. The average molecular weight is 304 g/mol. The van der Waals surface area contributed by atoms with Crippen molar-refractivity contribution < 1.29 is 24.2 Å². The molecule has 20 heavy (non-hydrogen) atoms. The number of aliphatic carboxylic acids is 1. The quantitative estimate of drug-likeness (QED) is 0.593. The summed E-state index contributed by atoms with van der Waals surface area (Å²) < 4.78 is 5.17. The number of rotatable bonds is 7. The van der Waals surface area contributed by atoms with Gasteiger partial charge in [-0.1, -0.05) is 11.8 Å². The molecule has 114 valence electrons. The van der Waals surface area contributed by atoms with Crippen LogP contribution in [0.4, 0.5) is 4.79 Å². The van der Waals surface area contributed by atoms with Crippen LogP contribution in [-0.4, -0.2) is 46.7 Å². The third-order valence-electron chi connectivity index (χ3n) is 2.91. The van der Waals surface area contributed by atoms with Gasteiger partial charge in [-0.2, -0.15) is 0 Å². The molecule has 1 atom stereocenters. The van der Waals surface area contributed by atoms with Gasteiger partial charge < -0.3 is 20.9 Å². The van der Waals surface area contributed by atoms with E-state index in [4.69, 9.17) is 15.6 Å². The van der Waals surface area contributed by atoms with Crippen LogP contribution < -0.4 is 11.1 Å². The number of thioether (sulfide) groups is 1. The number of nitrogens with two attached hydrogens (primary N) is 1. The summed E-state index contributed by atoms with van der Waals surface area (Å²) >= 11 is 0.954. The second kappa shape index (κ2) is 8.80. The number of nitrogens with one attached hydrogen (secondary N) is 1. The van der Waals surface area contributed by atoms with Gasteiger partial charge in [-0.05, 0) is 25.7 Å². The molecule has 4 N–H and O–H groups in total. The number of hydrogen-bond acceptors (Lipinski definition) is 6. The molecule has 1 saturated carbocycles. The van der Waals surface area contributed by atoms with Crippen LogP contribution in [0.1, 0.15) is 32.1 Å². The maximum absolute atomic E-state index is 11.4. The first-order valence-electron chi connectivity index (χ1n) is 6.57. The first kappa shape index (κ1) is 16.8. The molecule has 1 aliphatic rings. The van der Waals surface area contributed by atoms with Crippen LogP contribution in [0.15, 0.2) is 0 Å². The summed E-state index contributed by atoms with van der Waals surface area (Å²) in [6.45, 7) is 0.296. The van der Waals surface area contributed by atoms with E-state index in [-0.39, 0.29) is 17.6 Å². The summed E-state index contributed by atoms with van der Waals surface area (Å²) in [5.41, 5.74) is 5.24. The lowest BCUT2D eigenvalue weighted by Gasteiger charge is -2.12. The Bertz CT molecular complexity index is 358. The number of alkyl carbamates (subject to hydrolysis) is 1. The Kier molecular flexibility index (Phi) is 7.38. The van der Waals surface area contributed by atoms with Crippen LogP contribution >= 0.6 is 11.8 Å². The Morgan fingerprint density at radius 3 is 2.60 bits per heavy atom. The Morgan fingerprint density at radius 2 is 2.00 bits per heavy atom. The topological polar surface area (TPSA) is 119 Å². The van der Waals surface area contributed by atoms with Crippen molar-refractivity contribution in [3.8, 4) is 0 Å². The average Bonchev–Trinajstić information content (AvgIpc) is 2.87. The van der Waals surface area contributed by atoms with E-state index in [2.05, 4.69) is 5.32 Å². The lowest BCUT2D eigenvalue weighted by atomic mass is 10.2. The van der Waals surface area contributed by atoms with E-state index in [0.717, 1.165) is 37.4 Å². The number of ether oxygens (including phenoxy) is 1. The summed E-state index contributed by atoms with van der Waals surface area (Å²) in [4.78, 5) is 33.2. The van der Waals surface area contributed by atoms with Crippen LogP contribution in [0.25, 0.3) is 0 Å². The van der Waals surface area contributed by atoms with E-state index in [9.17, 15) is 14.4 Å². The van der Waals surface area contributed by atoms with Crippen molar-refractivity contribution >= 4 is 28.9 Å². The molecule has 1 amide bonds. The molecule has 0 saturated heterocycles. The second-order valence-electron chi connectivity index (χ2n) is 4.61. The first-order chi connectivity index (χ1) is 9.49. The minimum Gasteiger partial charge on any atom is -0.480 e. The minimum absolute atomic E-state index is 0.0119. The molecule has 0 aromatic heterocycles. The number of carbonyl (C=O) groups is 3. The van der Waals surface area contributed by atoms with E-state index >= 15 is 0 Å². The van der Waals surface area contributed by atoms with E-state index in [1.807, 2.05) is 0 Å². The molecule has 0 unspecified atom stereocenters. The summed E-state index contributed by atoms with van der Waals surface area (Å²) in [7, 11) is 0. The highest BCUT2D eigenvalue weighted by Crippen LogP contribution is 2.20. The van der Waals surface area contributed by atoms with E-state index in [1.165, 1.54) is 0 Å². The van der Waals surface area contributed by atoms with E-state index in [1.54, 1.807) is 0 Å². The zero-order chi connectivity index (χ0) is 15.0. The third kappa shape index (κ3) is 6.76. The number of carboxylic acid groups (broad SMARTS) is 1. The molecule has 8 heteroatoms. The summed E-state index contributed by atoms with van der Waals surface area (Å²) in [6.07, 6.45) is 3.33. The van der Waals surface area contributed by atoms with E-state index < -0.39 is 18.1 Å². The molecule has 1 aliphatic carbocycles.